The van der Waals surface area contributed by atoms with Crippen molar-refractivity contribution in [3.63, 3.8) is 0 Å². The van der Waals surface area contributed by atoms with E-state index in [2.05, 4.69) is 27.2 Å². The molecule has 0 atom stereocenters. The van der Waals surface area contributed by atoms with E-state index in [1.54, 1.807) is 0 Å². The summed E-state index contributed by atoms with van der Waals surface area (Å²) in [4.78, 5) is 6.93. The number of hydrogen-bond donors (Lipinski definition) is 1. The van der Waals surface area contributed by atoms with E-state index in [-0.39, 0.29) is 0 Å². The van der Waals surface area contributed by atoms with Crippen molar-refractivity contribution in [2.75, 3.05) is 17.2 Å². The van der Waals surface area contributed by atoms with Crippen molar-refractivity contribution in [2.24, 2.45) is 0 Å². The third-order valence-corrected chi connectivity index (χ3v) is 4.32. The van der Waals surface area contributed by atoms with Gasteiger partial charge in [0.05, 0.1) is 0 Å². The van der Waals surface area contributed by atoms with Crippen molar-refractivity contribution in [1.29, 1.82) is 0 Å². The standard InChI is InChI=1S/C14H18N4S/c1-2-4-13-16-14(19-17-13)18-8-7-11-10(9-18)5-3-6-12(11)15/h3,5-6H,2,4,7-9,15H2,1H3. The molecule has 2 N–H and O–H groups in total. The van der Waals surface area contributed by atoms with E-state index in [4.69, 9.17) is 5.73 Å². The predicted molar refractivity (Wildman–Crippen MR) is 79.5 cm³/mol. The summed E-state index contributed by atoms with van der Waals surface area (Å²) < 4.78 is 4.42. The molecule has 0 radical (unpaired) electrons. The van der Waals surface area contributed by atoms with Crippen LogP contribution in [0.2, 0.25) is 0 Å². The van der Waals surface area contributed by atoms with E-state index in [9.17, 15) is 0 Å². The second kappa shape index (κ2) is 5.17. The van der Waals surface area contributed by atoms with Crippen molar-refractivity contribution >= 4 is 22.4 Å². The molecule has 0 saturated carbocycles. The molecule has 2 aromatic rings. The summed E-state index contributed by atoms with van der Waals surface area (Å²) >= 11 is 1.51. The third kappa shape index (κ3) is 2.42. The Hall–Kier alpha value is -1.62. The summed E-state index contributed by atoms with van der Waals surface area (Å²) in [5, 5.41) is 1.04. The van der Waals surface area contributed by atoms with E-state index in [1.807, 2.05) is 12.1 Å². The van der Waals surface area contributed by atoms with Crippen LogP contribution in [0.15, 0.2) is 18.2 Å². The number of fused-ring (bicyclic) bond motifs is 1. The lowest BCUT2D eigenvalue weighted by molar-refractivity contribution is 0.726. The maximum absolute atomic E-state index is 6.03. The summed E-state index contributed by atoms with van der Waals surface area (Å²) in [6.07, 6.45) is 3.05. The predicted octanol–water partition coefficient (Wildman–Crippen LogP) is 2.64. The molecule has 2 heterocycles. The first-order valence-electron chi connectivity index (χ1n) is 6.71. The second-order valence-electron chi connectivity index (χ2n) is 4.90. The van der Waals surface area contributed by atoms with Gasteiger partial charge in [-0.1, -0.05) is 19.1 Å². The van der Waals surface area contributed by atoms with Gasteiger partial charge in [-0.2, -0.15) is 4.37 Å². The maximum atomic E-state index is 6.03. The Morgan fingerprint density at radius 3 is 3.16 bits per heavy atom. The van der Waals surface area contributed by atoms with Crippen LogP contribution >= 0.6 is 11.5 Å². The molecule has 1 aromatic carbocycles. The monoisotopic (exact) mass is 274 g/mol. The van der Waals surface area contributed by atoms with Crippen LogP contribution in [0.5, 0.6) is 0 Å². The van der Waals surface area contributed by atoms with Crippen LogP contribution in [0.3, 0.4) is 0 Å². The van der Waals surface area contributed by atoms with Gasteiger partial charge in [-0.05, 0) is 30.0 Å². The van der Waals surface area contributed by atoms with Gasteiger partial charge in [-0.15, -0.1) is 0 Å². The first kappa shape index (κ1) is 12.4. The van der Waals surface area contributed by atoms with Crippen molar-refractivity contribution in [2.45, 2.75) is 32.7 Å². The molecule has 19 heavy (non-hydrogen) atoms. The van der Waals surface area contributed by atoms with Gasteiger partial charge in [-0.3, -0.25) is 0 Å². The molecule has 0 unspecified atom stereocenters. The summed E-state index contributed by atoms with van der Waals surface area (Å²) in [5.74, 6) is 0.973. The summed E-state index contributed by atoms with van der Waals surface area (Å²) in [7, 11) is 0. The van der Waals surface area contributed by atoms with Gasteiger partial charge in [0.2, 0.25) is 5.13 Å². The molecule has 3 rings (SSSR count). The molecular weight excluding hydrogens is 256 g/mol. The molecule has 0 bridgehead atoms. The number of nitrogens with two attached hydrogens (primary N) is 1. The van der Waals surface area contributed by atoms with Crippen molar-refractivity contribution in [3.05, 3.63) is 35.2 Å². The Kier molecular flexibility index (Phi) is 3.38. The molecule has 0 saturated heterocycles. The molecule has 1 aliphatic heterocycles. The maximum Gasteiger partial charge on any atom is 0.205 e. The number of benzene rings is 1. The molecule has 0 aliphatic carbocycles. The van der Waals surface area contributed by atoms with Crippen molar-refractivity contribution < 1.29 is 0 Å². The Morgan fingerprint density at radius 2 is 2.32 bits per heavy atom. The number of rotatable bonds is 3. The zero-order valence-electron chi connectivity index (χ0n) is 11.1. The van der Waals surface area contributed by atoms with Crippen LogP contribution in [0.25, 0.3) is 0 Å². The lowest BCUT2D eigenvalue weighted by atomic mass is 9.98. The largest absolute Gasteiger partial charge is 0.398 e. The van der Waals surface area contributed by atoms with E-state index in [1.165, 1.54) is 22.7 Å². The number of anilines is 2. The van der Waals surface area contributed by atoms with Gasteiger partial charge in [0, 0.05) is 36.7 Å². The highest BCUT2D eigenvalue weighted by atomic mass is 32.1. The molecule has 1 aliphatic rings. The average molecular weight is 274 g/mol. The lowest BCUT2D eigenvalue weighted by Crippen LogP contribution is -2.30. The quantitative estimate of drug-likeness (QED) is 0.874. The minimum Gasteiger partial charge on any atom is -0.398 e. The normalized spacial score (nSPS) is 14.5. The SMILES string of the molecule is CCCc1nsc(N2CCc3c(N)cccc3C2)n1. The second-order valence-corrected chi connectivity index (χ2v) is 5.63. The van der Waals surface area contributed by atoms with Crippen LogP contribution in [-0.4, -0.2) is 15.9 Å². The molecule has 4 nitrogen and oxygen atoms in total. The number of aryl methyl sites for hydroxylation is 1. The highest BCUT2D eigenvalue weighted by Crippen LogP contribution is 2.28. The number of nitrogens with zero attached hydrogens (tertiary/aromatic N) is 3. The number of aromatic nitrogens is 2. The average Bonchev–Trinajstić information content (AvgIpc) is 2.88. The molecule has 5 heteroatoms. The van der Waals surface area contributed by atoms with E-state index in [0.29, 0.717) is 0 Å². The summed E-state index contributed by atoms with van der Waals surface area (Å²) in [6, 6.07) is 6.17. The van der Waals surface area contributed by atoms with Crippen LogP contribution < -0.4 is 10.6 Å². The van der Waals surface area contributed by atoms with Gasteiger partial charge in [0.15, 0.2) is 0 Å². The van der Waals surface area contributed by atoms with Crippen LogP contribution in [0.1, 0.15) is 30.3 Å². The minimum absolute atomic E-state index is 0.890. The Labute approximate surface area is 117 Å². The topological polar surface area (TPSA) is 55.0 Å². The summed E-state index contributed by atoms with van der Waals surface area (Å²) in [5.41, 5.74) is 9.56. The zero-order valence-corrected chi connectivity index (χ0v) is 11.9. The number of nitrogen functional groups attached to an aromatic ring is 1. The molecule has 100 valence electrons. The van der Waals surface area contributed by atoms with Crippen molar-refractivity contribution in [1.82, 2.24) is 9.36 Å². The Morgan fingerprint density at radius 1 is 1.42 bits per heavy atom. The van der Waals surface area contributed by atoms with Gasteiger partial charge in [0.1, 0.15) is 5.82 Å². The number of hydrogen-bond acceptors (Lipinski definition) is 5. The van der Waals surface area contributed by atoms with Crippen LogP contribution in [0, 0.1) is 0 Å². The smallest absolute Gasteiger partial charge is 0.205 e. The molecule has 0 spiro atoms. The molecule has 1 aromatic heterocycles. The van der Waals surface area contributed by atoms with Gasteiger partial charge in [0.25, 0.3) is 0 Å². The zero-order chi connectivity index (χ0) is 13.2. The van der Waals surface area contributed by atoms with E-state index in [0.717, 1.165) is 49.0 Å². The van der Waals surface area contributed by atoms with Crippen LogP contribution in [-0.2, 0) is 19.4 Å². The molecule has 0 amide bonds. The van der Waals surface area contributed by atoms with E-state index < -0.39 is 0 Å². The Bertz CT molecular complexity index is 579. The summed E-state index contributed by atoms with van der Waals surface area (Å²) in [6.45, 7) is 4.02. The third-order valence-electron chi connectivity index (χ3n) is 3.50. The fourth-order valence-corrected chi connectivity index (χ4v) is 3.24. The highest BCUT2D eigenvalue weighted by Gasteiger charge is 2.20. The fourth-order valence-electron chi connectivity index (χ4n) is 2.50. The van der Waals surface area contributed by atoms with Gasteiger partial charge in [-0.25, -0.2) is 4.98 Å². The fraction of sp³-hybridized carbons (Fsp3) is 0.429. The first-order valence-corrected chi connectivity index (χ1v) is 7.49. The van der Waals surface area contributed by atoms with Gasteiger partial charge < -0.3 is 10.6 Å². The Balaban J connectivity index is 1.81. The van der Waals surface area contributed by atoms with Crippen molar-refractivity contribution in [3.8, 4) is 0 Å². The van der Waals surface area contributed by atoms with Gasteiger partial charge >= 0.3 is 0 Å². The first-order chi connectivity index (χ1) is 9.28. The van der Waals surface area contributed by atoms with Crippen LogP contribution in [0.4, 0.5) is 10.8 Å². The lowest BCUT2D eigenvalue weighted by Gasteiger charge is -2.28. The minimum atomic E-state index is 0.890. The molecule has 0 fully saturated rings. The van der Waals surface area contributed by atoms with E-state index >= 15 is 0 Å². The highest BCUT2D eigenvalue weighted by molar-refractivity contribution is 7.09. The molecular formula is C14H18N4S.